The predicted octanol–water partition coefficient (Wildman–Crippen LogP) is 6.28. The van der Waals surface area contributed by atoms with Crippen LogP contribution in [0, 0.1) is 0 Å². The van der Waals surface area contributed by atoms with Crippen LogP contribution in [0.25, 0.3) is 0 Å². The fourth-order valence-electron chi connectivity index (χ4n) is 3.70. The number of hydrogen-bond acceptors (Lipinski definition) is 5. The van der Waals surface area contributed by atoms with Crippen molar-refractivity contribution in [2.75, 3.05) is 14.2 Å². The van der Waals surface area contributed by atoms with Gasteiger partial charge in [-0.25, -0.2) is 0 Å². The van der Waals surface area contributed by atoms with E-state index in [0.717, 1.165) is 11.3 Å². The molecule has 1 fully saturated rings. The third kappa shape index (κ3) is 7.30. The van der Waals surface area contributed by atoms with Crippen LogP contribution in [0.4, 0.5) is 13.2 Å². The first kappa shape index (κ1) is 28.8. The lowest BCUT2D eigenvalue weighted by molar-refractivity contribution is -0.202. The highest BCUT2D eigenvalue weighted by atomic mass is 28.4. The Morgan fingerprint density at radius 3 is 2.18 bits per heavy atom. The summed E-state index contributed by atoms with van der Waals surface area (Å²) in [6.07, 6.45) is -6.85. The smallest absolute Gasteiger partial charge is 0.413 e. The summed E-state index contributed by atoms with van der Waals surface area (Å²) in [6.45, 7) is 13.5. The molecule has 1 aromatic carbocycles. The first-order valence-electron chi connectivity index (χ1n) is 11.5. The van der Waals surface area contributed by atoms with Crippen molar-refractivity contribution in [1.29, 1.82) is 0 Å². The van der Waals surface area contributed by atoms with Gasteiger partial charge in [0.15, 0.2) is 8.32 Å². The van der Waals surface area contributed by atoms with Crippen molar-refractivity contribution in [2.45, 2.75) is 95.0 Å². The first-order chi connectivity index (χ1) is 15.7. The molecule has 1 saturated heterocycles. The lowest BCUT2D eigenvalue weighted by atomic mass is 10.0. The molecule has 2 rings (SSSR count). The highest BCUT2D eigenvalue weighted by Crippen LogP contribution is 2.41. The van der Waals surface area contributed by atoms with Gasteiger partial charge in [0.25, 0.3) is 0 Å². The molecule has 0 aliphatic carbocycles. The molecule has 0 N–H and O–H groups in total. The zero-order valence-corrected chi connectivity index (χ0v) is 22.3. The average Bonchev–Trinajstić information content (AvgIpc) is 3.10. The van der Waals surface area contributed by atoms with Crippen LogP contribution in [0.3, 0.4) is 0 Å². The first-order valence-corrected chi connectivity index (χ1v) is 14.4. The minimum absolute atomic E-state index is 0.129. The maximum Gasteiger partial charge on any atom is 0.413 e. The van der Waals surface area contributed by atoms with E-state index in [9.17, 15) is 13.2 Å². The monoisotopic (exact) mass is 504 g/mol. The standard InChI is InChI=1S/C25H39F3O5Si/c1-9-19-23(31-16-17-10-12-18(29-5)13-11-17)22(30-6)20(32-19)14-15-21(25(26,27)28)33-34(7,8)24(2,3)4/h9-13,19-23H,1,14-16H2,2-8H3/t19-,20+,21?,22-,23?/m0/s1. The van der Waals surface area contributed by atoms with Gasteiger partial charge in [-0.3, -0.25) is 0 Å². The number of rotatable bonds is 11. The van der Waals surface area contributed by atoms with Crippen LogP contribution in [0.2, 0.25) is 18.1 Å². The summed E-state index contributed by atoms with van der Waals surface area (Å²) in [5.41, 5.74) is 0.932. The van der Waals surface area contributed by atoms with Gasteiger partial charge in [-0.15, -0.1) is 6.58 Å². The van der Waals surface area contributed by atoms with Crippen molar-refractivity contribution < 1.29 is 36.5 Å². The predicted molar refractivity (Wildman–Crippen MR) is 129 cm³/mol. The number of ether oxygens (including phenoxy) is 4. The fourth-order valence-corrected chi connectivity index (χ4v) is 5.02. The Bertz CT molecular complexity index is 776. The van der Waals surface area contributed by atoms with Crippen molar-refractivity contribution in [2.24, 2.45) is 0 Å². The summed E-state index contributed by atoms with van der Waals surface area (Å²) in [5.74, 6) is 0.742. The van der Waals surface area contributed by atoms with Gasteiger partial charge in [0, 0.05) is 7.11 Å². The maximum absolute atomic E-state index is 13.8. The molecule has 2 unspecified atom stereocenters. The molecular weight excluding hydrogens is 465 g/mol. The largest absolute Gasteiger partial charge is 0.497 e. The van der Waals surface area contributed by atoms with Crippen molar-refractivity contribution in [1.82, 2.24) is 0 Å². The van der Waals surface area contributed by atoms with Gasteiger partial charge < -0.3 is 23.4 Å². The average molecular weight is 505 g/mol. The van der Waals surface area contributed by atoms with Crippen LogP contribution >= 0.6 is 0 Å². The van der Waals surface area contributed by atoms with Gasteiger partial charge in [-0.05, 0) is 48.7 Å². The summed E-state index contributed by atoms with van der Waals surface area (Å²) in [6, 6.07) is 7.46. The number of methoxy groups -OCH3 is 2. The van der Waals surface area contributed by atoms with Gasteiger partial charge in [-0.1, -0.05) is 39.0 Å². The van der Waals surface area contributed by atoms with Crippen molar-refractivity contribution in [3.63, 3.8) is 0 Å². The lowest BCUT2D eigenvalue weighted by Gasteiger charge is -2.40. The van der Waals surface area contributed by atoms with E-state index in [2.05, 4.69) is 6.58 Å². The van der Waals surface area contributed by atoms with Gasteiger partial charge in [0.05, 0.1) is 19.8 Å². The summed E-state index contributed by atoms with van der Waals surface area (Å²) in [5, 5.41) is -0.330. The van der Waals surface area contributed by atoms with E-state index in [-0.39, 0.29) is 17.9 Å². The number of benzene rings is 1. The fraction of sp³-hybridized carbons (Fsp3) is 0.680. The zero-order valence-electron chi connectivity index (χ0n) is 21.3. The Morgan fingerprint density at radius 2 is 1.71 bits per heavy atom. The molecule has 1 heterocycles. The highest BCUT2D eigenvalue weighted by Gasteiger charge is 2.49. The molecule has 5 nitrogen and oxygen atoms in total. The molecule has 34 heavy (non-hydrogen) atoms. The third-order valence-corrected chi connectivity index (χ3v) is 11.3. The van der Waals surface area contributed by atoms with Gasteiger partial charge >= 0.3 is 6.18 Å². The third-order valence-electron chi connectivity index (χ3n) is 6.77. The van der Waals surface area contributed by atoms with Crippen LogP contribution < -0.4 is 4.74 Å². The molecule has 0 aromatic heterocycles. The van der Waals surface area contributed by atoms with Gasteiger partial charge in [0.1, 0.15) is 30.2 Å². The van der Waals surface area contributed by atoms with Crippen molar-refractivity contribution in [3.8, 4) is 5.75 Å². The van der Waals surface area contributed by atoms with Crippen molar-refractivity contribution in [3.05, 3.63) is 42.5 Å². The highest BCUT2D eigenvalue weighted by molar-refractivity contribution is 6.74. The molecule has 1 aliphatic heterocycles. The summed E-state index contributed by atoms with van der Waals surface area (Å²) < 4.78 is 70.2. The molecule has 1 aliphatic rings. The van der Waals surface area contributed by atoms with Crippen LogP contribution in [0.5, 0.6) is 5.75 Å². The Balaban J connectivity index is 2.07. The summed E-state index contributed by atoms with van der Waals surface area (Å²) >= 11 is 0. The van der Waals surface area contributed by atoms with E-state index < -0.39 is 45.0 Å². The van der Waals surface area contributed by atoms with E-state index in [1.54, 1.807) is 13.2 Å². The molecule has 0 saturated carbocycles. The molecule has 9 heteroatoms. The normalized spacial score (nSPS) is 24.8. The van der Waals surface area contributed by atoms with E-state index in [0.29, 0.717) is 6.61 Å². The molecule has 194 valence electrons. The van der Waals surface area contributed by atoms with E-state index in [1.807, 2.05) is 58.1 Å². The topological polar surface area (TPSA) is 46.2 Å². The van der Waals surface area contributed by atoms with E-state index in [1.165, 1.54) is 7.11 Å². The van der Waals surface area contributed by atoms with Gasteiger partial charge in [-0.2, -0.15) is 13.2 Å². The maximum atomic E-state index is 13.8. The van der Waals surface area contributed by atoms with Crippen LogP contribution in [0.15, 0.2) is 36.9 Å². The minimum atomic E-state index is -4.46. The molecule has 0 bridgehead atoms. The second kappa shape index (κ2) is 11.6. The second-order valence-corrected chi connectivity index (χ2v) is 14.9. The molecule has 0 radical (unpaired) electrons. The SMILES string of the molecule is C=C[C@@H]1O[C@H](CCC(O[Si](C)(C)C(C)(C)C)C(F)(F)F)[C@H](OC)C1OCc1ccc(OC)cc1. The Hall–Kier alpha value is -1.39. The Labute approximate surface area is 202 Å². The van der Waals surface area contributed by atoms with Crippen LogP contribution in [-0.4, -0.2) is 59.2 Å². The molecule has 0 amide bonds. The van der Waals surface area contributed by atoms with E-state index >= 15 is 0 Å². The quantitative estimate of drug-likeness (QED) is 0.262. The van der Waals surface area contributed by atoms with Crippen LogP contribution in [0.1, 0.15) is 39.2 Å². The lowest BCUT2D eigenvalue weighted by Crippen LogP contribution is -2.48. The minimum Gasteiger partial charge on any atom is -0.497 e. The number of alkyl halides is 3. The van der Waals surface area contributed by atoms with Gasteiger partial charge in [0.2, 0.25) is 0 Å². The number of hydrogen-bond donors (Lipinski definition) is 0. The zero-order chi connectivity index (χ0) is 25.7. The molecular formula is C25H39F3O5Si. The van der Waals surface area contributed by atoms with E-state index in [4.69, 9.17) is 23.4 Å². The molecule has 0 spiro atoms. The molecule has 1 aromatic rings. The summed E-state index contributed by atoms with van der Waals surface area (Å²) in [4.78, 5) is 0. The Morgan fingerprint density at radius 1 is 1.09 bits per heavy atom. The second-order valence-electron chi connectivity index (χ2n) is 10.2. The van der Waals surface area contributed by atoms with Crippen LogP contribution in [-0.2, 0) is 25.2 Å². The Kier molecular flexibility index (Phi) is 9.81. The summed E-state index contributed by atoms with van der Waals surface area (Å²) in [7, 11) is 0.502. The van der Waals surface area contributed by atoms with Crippen molar-refractivity contribution >= 4 is 8.32 Å². The molecule has 5 atom stereocenters. The number of halogens is 3.